The van der Waals surface area contributed by atoms with E-state index in [1.807, 2.05) is 30.3 Å². The molecular weight excluding hydrogens is 284 g/mol. The molecule has 2 aromatic rings. The molecule has 3 N–H and O–H groups in total. The summed E-state index contributed by atoms with van der Waals surface area (Å²) in [5, 5.41) is 2.87. The highest BCUT2D eigenvalue weighted by molar-refractivity contribution is 7.99. The highest BCUT2D eigenvalue weighted by Gasteiger charge is 2.12. The van der Waals surface area contributed by atoms with Gasteiger partial charge in [0.2, 0.25) is 0 Å². The molecule has 4 nitrogen and oxygen atoms in total. The first-order valence-electron chi connectivity index (χ1n) is 6.61. The summed E-state index contributed by atoms with van der Waals surface area (Å²) < 4.78 is 5.11. The van der Waals surface area contributed by atoms with Gasteiger partial charge in [-0.3, -0.25) is 4.79 Å². The first-order valence-corrected chi connectivity index (χ1v) is 7.59. The molecule has 0 unspecified atom stereocenters. The van der Waals surface area contributed by atoms with Gasteiger partial charge in [-0.1, -0.05) is 24.3 Å². The molecule has 21 heavy (non-hydrogen) atoms. The number of carbonyl (C=O) groups excluding carboxylic acids is 1. The van der Waals surface area contributed by atoms with Crippen molar-refractivity contribution in [2.75, 3.05) is 25.1 Å². The smallest absolute Gasteiger partial charge is 0.253 e. The van der Waals surface area contributed by atoms with E-state index in [2.05, 4.69) is 5.32 Å². The molecule has 0 aromatic heterocycles. The molecule has 0 saturated heterocycles. The van der Waals surface area contributed by atoms with E-state index in [9.17, 15) is 4.79 Å². The Morgan fingerprint density at radius 3 is 2.67 bits per heavy atom. The summed E-state index contributed by atoms with van der Waals surface area (Å²) in [4.78, 5) is 13.3. The lowest BCUT2D eigenvalue weighted by Gasteiger charge is -2.10. The van der Waals surface area contributed by atoms with Gasteiger partial charge in [-0.05, 0) is 24.3 Å². The third-order valence-electron chi connectivity index (χ3n) is 2.93. The zero-order valence-electron chi connectivity index (χ0n) is 11.8. The molecule has 0 bridgehead atoms. The number of nitrogens with two attached hydrogens (primary N) is 1. The van der Waals surface area contributed by atoms with E-state index >= 15 is 0 Å². The van der Waals surface area contributed by atoms with Gasteiger partial charge in [0.1, 0.15) is 5.75 Å². The van der Waals surface area contributed by atoms with Gasteiger partial charge >= 0.3 is 0 Å². The number of methoxy groups -OCH3 is 1. The minimum Gasteiger partial charge on any atom is -0.495 e. The van der Waals surface area contributed by atoms with Crippen molar-refractivity contribution in [3.05, 3.63) is 54.1 Å². The van der Waals surface area contributed by atoms with E-state index in [0.29, 0.717) is 23.5 Å². The van der Waals surface area contributed by atoms with E-state index in [1.54, 1.807) is 30.0 Å². The molecule has 5 heteroatoms. The Morgan fingerprint density at radius 1 is 1.19 bits per heavy atom. The van der Waals surface area contributed by atoms with Crippen molar-refractivity contribution < 1.29 is 9.53 Å². The predicted octanol–water partition coefficient (Wildman–Crippen LogP) is 2.80. The van der Waals surface area contributed by atoms with Crippen LogP contribution in [0.25, 0.3) is 0 Å². The molecule has 0 fully saturated rings. The van der Waals surface area contributed by atoms with Crippen LogP contribution < -0.4 is 15.8 Å². The van der Waals surface area contributed by atoms with Crippen molar-refractivity contribution >= 4 is 23.4 Å². The Balaban J connectivity index is 1.85. The average Bonchev–Trinajstić information content (AvgIpc) is 2.52. The highest BCUT2D eigenvalue weighted by Crippen LogP contribution is 2.24. The number of nitrogens with one attached hydrogen (secondary N) is 1. The topological polar surface area (TPSA) is 64.3 Å². The third-order valence-corrected chi connectivity index (χ3v) is 3.94. The van der Waals surface area contributed by atoms with Crippen LogP contribution in [0.5, 0.6) is 5.75 Å². The lowest BCUT2D eigenvalue weighted by Crippen LogP contribution is -2.26. The SMILES string of the molecule is COc1cccc(C(=O)NCCSc2ccccc2)c1N. The van der Waals surface area contributed by atoms with Gasteiger partial charge in [0.25, 0.3) is 5.91 Å². The van der Waals surface area contributed by atoms with Crippen molar-refractivity contribution in [3.8, 4) is 5.75 Å². The number of ether oxygens (including phenoxy) is 1. The Morgan fingerprint density at radius 2 is 1.95 bits per heavy atom. The van der Waals surface area contributed by atoms with Crippen molar-refractivity contribution in [2.24, 2.45) is 0 Å². The monoisotopic (exact) mass is 302 g/mol. The Kier molecular flexibility index (Phi) is 5.51. The molecule has 0 aliphatic rings. The predicted molar refractivity (Wildman–Crippen MR) is 86.9 cm³/mol. The normalized spacial score (nSPS) is 10.1. The first kappa shape index (κ1) is 15.3. The zero-order chi connectivity index (χ0) is 15.1. The number of carbonyl (C=O) groups is 1. The standard InChI is InChI=1S/C16H18N2O2S/c1-20-14-9-5-8-13(15(14)17)16(19)18-10-11-21-12-6-3-2-4-7-12/h2-9H,10-11,17H2,1H3,(H,18,19). The van der Waals surface area contributed by atoms with E-state index < -0.39 is 0 Å². The molecule has 0 aliphatic heterocycles. The van der Waals surface area contributed by atoms with Crippen LogP contribution in [0, 0.1) is 0 Å². The summed E-state index contributed by atoms with van der Waals surface area (Å²) in [6.07, 6.45) is 0. The molecule has 110 valence electrons. The number of hydrogen-bond donors (Lipinski definition) is 2. The van der Waals surface area contributed by atoms with E-state index in [4.69, 9.17) is 10.5 Å². The van der Waals surface area contributed by atoms with Gasteiger partial charge < -0.3 is 15.8 Å². The van der Waals surface area contributed by atoms with Crippen molar-refractivity contribution in [1.82, 2.24) is 5.32 Å². The quantitative estimate of drug-likeness (QED) is 0.489. The number of thioether (sulfide) groups is 1. The summed E-state index contributed by atoms with van der Waals surface area (Å²) >= 11 is 1.70. The number of rotatable bonds is 6. The van der Waals surface area contributed by atoms with Crippen molar-refractivity contribution in [2.45, 2.75) is 4.90 Å². The number of para-hydroxylation sites is 1. The van der Waals surface area contributed by atoms with Gasteiger partial charge in [0.05, 0.1) is 18.4 Å². The molecule has 0 spiro atoms. The fourth-order valence-electron chi connectivity index (χ4n) is 1.87. The van der Waals surface area contributed by atoms with Crippen LogP contribution in [0.2, 0.25) is 0 Å². The Labute approximate surface area is 128 Å². The summed E-state index contributed by atoms with van der Waals surface area (Å²) in [5.74, 6) is 1.14. The van der Waals surface area contributed by atoms with Gasteiger partial charge in [-0.15, -0.1) is 11.8 Å². The molecule has 2 rings (SSSR count). The lowest BCUT2D eigenvalue weighted by molar-refractivity contribution is 0.0957. The maximum Gasteiger partial charge on any atom is 0.253 e. The van der Waals surface area contributed by atoms with Crippen LogP contribution in [0.1, 0.15) is 10.4 Å². The maximum absolute atomic E-state index is 12.1. The highest BCUT2D eigenvalue weighted by atomic mass is 32.2. The van der Waals surface area contributed by atoms with Crippen LogP contribution in [0.4, 0.5) is 5.69 Å². The summed E-state index contributed by atoms with van der Waals surface area (Å²) in [6, 6.07) is 15.3. The molecular formula is C16H18N2O2S. The second kappa shape index (κ2) is 7.59. The van der Waals surface area contributed by atoms with Gasteiger partial charge in [0, 0.05) is 17.2 Å². The van der Waals surface area contributed by atoms with Crippen LogP contribution in [0.3, 0.4) is 0 Å². The van der Waals surface area contributed by atoms with E-state index in [0.717, 1.165) is 5.75 Å². The van der Waals surface area contributed by atoms with Crippen LogP contribution in [-0.4, -0.2) is 25.3 Å². The lowest BCUT2D eigenvalue weighted by atomic mass is 10.1. The van der Waals surface area contributed by atoms with Gasteiger partial charge in [0.15, 0.2) is 0 Å². The average molecular weight is 302 g/mol. The fourth-order valence-corrected chi connectivity index (χ4v) is 2.65. The molecule has 1 amide bonds. The Bertz CT molecular complexity index is 602. The minimum atomic E-state index is -0.180. The zero-order valence-corrected chi connectivity index (χ0v) is 12.7. The Hall–Kier alpha value is -2.14. The van der Waals surface area contributed by atoms with Crippen molar-refractivity contribution in [3.63, 3.8) is 0 Å². The van der Waals surface area contributed by atoms with E-state index in [-0.39, 0.29) is 5.91 Å². The third kappa shape index (κ3) is 4.16. The summed E-state index contributed by atoms with van der Waals surface area (Å²) in [5.41, 5.74) is 6.71. The number of benzene rings is 2. The first-order chi connectivity index (χ1) is 10.2. The number of nitrogen functional groups attached to an aromatic ring is 1. The van der Waals surface area contributed by atoms with Crippen LogP contribution in [0.15, 0.2) is 53.4 Å². The molecule has 0 aliphatic carbocycles. The molecule has 2 aromatic carbocycles. The largest absolute Gasteiger partial charge is 0.495 e. The van der Waals surface area contributed by atoms with Crippen molar-refractivity contribution in [1.29, 1.82) is 0 Å². The molecule has 0 radical (unpaired) electrons. The summed E-state index contributed by atoms with van der Waals surface area (Å²) in [7, 11) is 1.53. The fraction of sp³-hybridized carbons (Fsp3) is 0.188. The summed E-state index contributed by atoms with van der Waals surface area (Å²) in [6.45, 7) is 0.578. The minimum absolute atomic E-state index is 0.180. The molecule has 0 atom stereocenters. The van der Waals surface area contributed by atoms with Crippen LogP contribution >= 0.6 is 11.8 Å². The van der Waals surface area contributed by atoms with Gasteiger partial charge in [-0.25, -0.2) is 0 Å². The number of amides is 1. The second-order valence-electron chi connectivity index (χ2n) is 4.34. The second-order valence-corrected chi connectivity index (χ2v) is 5.51. The number of hydrogen-bond acceptors (Lipinski definition) is 4. The number of anilines is 1. The van der Waals surface area contributed by atoms with Gasteiger partial charge in [-0.2, -0.15) is 0 Å². The van der Waals surface area contributed by atoms with E-state index in [1.165, 1.54) is 12.0 Å². The molecule has 0 saturated carbocycles. The maximum atomic E-state index is 12.1. The molecule has 0 heterocycles. The van der Waals surface area contributed by atoms with Crippen LogP contribution in [-0.2, 0) is 0 Å².